The topological polar surface area (TPSA) is 63.2 Å². The molecule has 0 saturated heterocycles. The number of benzene rings is 1. The van der Waals surface area contributed by atoms with E-state index in [0.717, 1.165) is 29.8 Å². The van der Waals surface area contributed by atoms with Gasteiger partial charge in [0.1, 0.15) is 5.75 Å². The molecular weight excluding hydrogens is 326 g/mol. The molecule has 1 saturated carbocycles. The number of carbonyl (C=O) groups is 1. The molecule has 2 N–H and O–H groups in total. The average Bonchev–Trinajstić information content (AvgIpc) is 2.95. The Morgan fingerprint density at radius 2 is 1.92 bits per heavy atom. The molecule has 1 aromatic carbocycles. The molecule has 5 heteroatoms. The molecular formula is C21H27N3O2. The number of nitrogens with one attached hydrogen (secondary N) is 2. The van der Waals surface area contributed by atoms with E-state index < -0.39 is 0 Å². The second-order valence-electron chi connectivity index (χ2n) is 6.79. The van der Waals surface area contributed by atoms with E-state index >= 15 is 0 Å². The molecule has 0 unspecified atom stereocenters. The summed E-state index contributed by atoms with van der Waals surface area (Å²) in [6, 6.07) is 10.0. The van der Waals surface area contributed by atoms with Crippen LogP contribution in [0.2, 0.25) is 0 Å². The Balaban J connectivity index is 1.61. The summed E-state index contributed by atoms with van der Waals surface area (Å²) < 4.78 is 5.37. The Morgan fingerprint density at radius 3 is 2.69 bits per heavy atom. The number of rotatable bonds is 6. The van der Waals surface area contributed by atoms with Gasteiger partial charge >= 0.3 is 0 Å². The van der Waals surface area contributed by atoms with Gasteiger partial charge in [-0.1, -0.05) is 43.9 Å². The first-order chi connectivity index (χ1) is 12.8. The standard InChI is InChI=1S/C21H27N3O2/c1-26-20-11-7-6-8-16(20)14-23-19-12-17(13-22-15-19)21(25)24-18-9-4-2-3-5-10-18/h6-8,11-13,15,18,23H,2-5,9-10,14H2,1H3,(H,24,25). The molecule has 0 bridgehead atoms. The zero-order valence-corrected chi connectivity index (χ0v) is 15.3. The fourth-order valence-corrected chi connectivity index (χ4v) is 3.40. The van der Waals surface area contributed by atoms with Crippen LogP contribution < -0.4 is 15.4 Å². The number of ether oxygens (including phenoxy) is 1. The predicted octanol–water partition coefficient (Wildman–Crippen LogP) is 4.15. The first kappa shape index (κ1) is 18.2. The van der Waals surface area contributed by atoms with E-state index in [9.17, 15) is 4.79 Å². The molecule has 0 spiro atoms. The van der Waals surface area contributed by atoms with Gasteiger partial charge in [-0.25, -0.2) is 0 Å². The van der Waals surface area contributed by atoms with Crippen molar-refractivity contribution in [2.24, 2.45) is 0 Å². The number of methoxy groups -OCH3 is 1. The highest BCUT2D eigenvalue weighted by Crippen LogP contribution is 2.20. The maximum Gasteiger partial charge on any atom is 0.253 e. The van der Waals surface area contributed by atoms with Crippen LogP contribution >= 0.6 is 0 Å². The van der Waals surface area contributed by atoms with Crippen LogP contribution in [0.1, 0.15) is 54.4 Å². The van der Waals surface area contributed by atoms with Crippen molar-refractivity contribution >= 4 is 11.6 Å². The number of aromatic nitrogens is 1. The summed E-state index contributed by atoms with van der Waals surface area (Å²) in [5, 5.41) is 6.49. The Hall–Kier alpha value is -2.56. The van der Waals surface area contributed by atoms with E-state index in [-0.39, 0.29) is 11.9 Å². The third-order valence-electron chi connectivity index (χ3n) is 4.87. The molecule has 1 aliphatic rings. The van der Waals surface area contributed by atoms with Crippen molar-refractivity contribution in [2.45, 2.75) is 51.1 Å². The number of para-hydroxylation sites is 1. The van der Waals surface area contributed by atoms with Gasteiger partial charge in [-0.15, -0.1) is 0 Å². The fraction of sp³-hybridized carbons (Fsp3) is 0.429. The van der Waals surface area contributed by atoms with E-state index in [1.165, 1.54) is 25.7 Å². The van der Waals surface area contributed by atoms with Gasteiger partial charge in [0, 0.05) is 30.5 Å². The van der Waals surface area contributed by atoms with E-state index in [1.807, 2.05) is 30.3 Å². The monoisotopic (exact) mass is 353 g/mol. The molecule has 1 heterocycles. The molecule has 1 amide bonds. The summed E-state index contributed by atoms with van der Waals surface area (Å²) in [6.45, 7) is 0.611. The van der Waals surface area contributed by atoms with Gasteiger partial charge in [0.15, 0.2) is 0 Å². The van der Waals surface area contributed by atoms with Crippen LogP contribution in [0.4, 0.5) is 5.69 Å². The number of nitrogens with zero attached hydrogens (tertiary/aromatic N) is 1. The Morgan fingerprint density at radius 1 is 1.15 bits per heavy atom. The Kier molecular flexibility index (Phi) is 6.47. The van der Waals surface area contributed by atoms with Gasteiger partial charge in [-0.2, -0.15) is 0 Å². The van der Waals surface area contributed by atoms with Crippen molar-refractivity contribution in [1.29, 1.82) is 0 Å². The second-order valence-corrected chi connectivity index (χ2v) is 6.79. The molecule has 0 aliphatic heterocycles. The van der Waals surface area contributed by atoms with Gasteiger partial charge in [0.2, 0.25) is 0 Å². The summed E-state index contributed by atoms with van der Waals surface area (Å²) in [6.07, 6.45) is 10.5. The zero-order chi connectivity index (χ0) is 18.2. The zero-order valence-electron chi connectivity index (χ0n) is 15.3. The largest absolute Gasteiger partial charge is 0.496 e. The van der Waals surface area contributed by atoms with Crippen LogP contribution in [0.3, 0.4) is 0 Å². The van der Waals surface area contributed by atoms with Crippen LogP contribution in [0.25, 0.3) is 0 Å². The summed E-state index contributed by atoms with van der Waals surface area (Å²) in [5.41, 5.74) is 2.48. The van der Waals surface area contributed by atoms with Crippen LogP contribution in [0.15, 0.2) is 42.7 Å². The van der Waals surface area contributed by atoms with Crippen LogP contribution in [-0.4, -0.2) is 24.0 Å². The van der Waals surface area contributed by atoms with Gasteiger partial charge in [-0.05, 0) is 25.0 Å². The minimum Gasteiger partial charge on any atom is -0.496 e. The lowest BCUT2D eigenvalue weighted by atomic mass is 10.1. The normalized spacial score (nSPS) is 15.1. The minimum atomic E-state index is -0.0367. The van der Waals surface area contributed by atoms with Gasteiger partial charge in [0.25, 0.3) is 5.91 Å². The maximum absolute atomic E-state index is 12.6. The lowest BCUT2D eigenvalue weighted by Crippen LogP contribution is -2.34. The average molecular weight is 353 g/mol. The van der Waals surface area contributed by atoms with Gasteiger partial charge in [0.05, 0.1) is 18.4 Å². The molecule has 1 aliphatic carbocycles. The molecule has 0 radical (unpaired) electrons. The quantitative estimate of drug-likeness (QED) is 0.766. The van der Waals surface area contributed by atoms with E-state index in [1.54, 1.807) is 19.5 Å². The van der Waals surface area contributed by atoms with Crippen molar-refractivity contribution < 1.29 is 9.53 Å². The van der Waals surface area contributed by atoms with Crippen molar-refractivity contribution in [3.8, 4) is 5.75 Å². The highest BCUT2D eigenvalue weighted by Gasteiger charge is 2.16. The molecule has 3 rings (SSSR count). The van der Waals surface area contributed by atoms with Crippen LogP contribution in [0, 0.1) is 0 Å². The minimum absolute atomic E-state index is 0.0367. The van der Waals surface area contributed by atoms with Gasteiger partial charge < -0.3 is 15.4 Å². The Bertz CT molecular complexity index is 725. The SMILES string of the molecule is COc1ccccc1CNc1cncc(C(=O)NC2CCCCCC2)c1. The number of amides is 1. The first-order valence-corrected chi connectivity index (χ1v) is 9.38. The van der Waals surface area contributed by atoms with E-state index in [4.69, 9.17) is 4.74 Å². The number of hydrogen-bond donors (Lipinski definition) is 2. The lowest BCUT2D eigenvalue weighted by Gasteiger charge is -2.16. The summed E-state index contributed by atoms with van der Waals surface area (Å²) in [5.74, 6) is 0.806. The smallest absolute Gasteiger partial charge is 0.253 e. The van der Waals surface area contributed by atoms with Crippen molar-refractivity contribution in [3.63, 3.8) is 0 Å². The fourth-order valence-electron chi connectivity index (χ4n) is 3.40. The summed E-state index contributed by atoms with van der Waals surface area (Å²) in [4.78, 5) is 16.8. The molecule has 1 aromatic heterocycles. The van der Waals surface area contributed by atoms with Crippen molar-refractivity contribution in [1.82, 2.24) is 10.3 Å². The predicted molar refractivity (Wildman–Crippen MR) is 104 cm³/mol. The van der Waals surface area contributed by atoms with Crippen LogP contribution in [-0.2, 0) is 6.54 Å². The van der Waals surface area contributed by atoms with Gasteiger partial charge in [-0.3, -0.25) is 9.78 Å². The Labute approximate surface area is 155 Å². The third-order valence-corrected chi connectivity index (χ3v) is 4.87. The third kappa shape index (κ3) is 4.97. The number of anilines is 1. The summed E-state index contributed by atoms with van der Waals surface area (Å²) >= 11 is 0. The van der Waals surface area contributed by atoms with E-state index in [2.05, 4.69) is 15.6 Å². The molecule has 2 aromatic rings. The van der Waals surface area contributed by atoms with Crippen molar-refractivity contribution in [2.75, 3.05) is 12.4 Å². The number of pyridine rings is 1. The van der Waals surface area contributed by atoms with Crippen LogP contribution in [0.5, 0.6) is 5.75 Å². The maximum atomic E-state index is 12.6. The number of hydrogen-bond acceptors (Lipinski definition) is 4. The van der Waals surface area contributed by atoms with E-state index in [0.29, 0.717) is 12.1 Å². The molecule has 1 fully saturated rings. The lowest BCUT2D eigenvalue weighted by molar-refractivity contribution is 0.0933. The number of carbonyl (C=O) groups excluding carboxylic acids is 1. The van der Waals surface area contributed by atoms with Crippen molar-refractivity contribution in [3.05, 3.63) is 53.9 Å². The summed E-state index contributed by atoms with van der Waals surface area (Å²) in [7, 11) is 1.67. The molecule has 26 heavy (non-hydrogen) atoms. The second kappa shape index (κ2) is 9.22. The highest BCUT2D eigenvalue weighted by molar-refractivity contribution is 5.94. The molecule has 138 valence electrons. The first-order valence-electron chi connectivity index (χ1n) is 9.38. The molecule has 5 nitrogen and oxygen atoms in total. The highest BCUT2D eigenvalue weighted by atomic mass is 16.5. The molecule has 0 atom stereocenters.